The number of ether oxygens (including phenoxy) is 2. The van der Waals surface area contributed by atoms with Crippen molar-refractivity contribution in [1.82, 2.24) is 20.4 Å². The first-order valence-corrected chi connectivity index (χ1v) is 11.7. The molecule has 2 amide bonds. The van der Waals surface area contributed by atoms with Crippen LogP contribution in [0.2, 0.25) is 0 Å². The highest BCUT2D eigenvalue weighted by molar-refractivity contribution is 5.94. The van der Waals surface area contributed by atoms with E-state index in [9.17, 15) is 9.59 Å². The number of hydrogen-bond donors (Lipinski definition) is 2. The van der Waals surface area contributed by atoms with Gasteiger partial charge in [0, 0.05) is 32.7 Å². The van der Waals surface area contributed by atoms with E-state index in [0.717, 1.165) is 31.8 Å². The van der Waals surface area contributed by atoms with E-state index in [4.69, 9.17) is 9.47 Å². The van der Waals surface area contributed by atoms with Crippen LogP contribution in [0.4, 0.5) is 0 Å². The Morgan fingerprint density at radius 3 is 2.06 bits per heavy atom. The molecule has 2 fully saturated rings. The lowest BCUT2D eigenvalue weighted by Crippen LogP contribution is -2.58. The molecule has 0 unspecified atom stereocenters. The number of likely N-dealkylation sites (N-methyl/N-ethyl adjacent to an activating group) is 2. The number of carbonyl (C=O) groups excluding carboxylic acids is 2. The van der Waals surface area contributed by atoms with E-state index in [-0.39, 0.29) is 25.0 Å². The standard InChI is InChI=1S/C13H16N2O3.C13H20N2O/c1-15-7-12(16)14-11(13(15)17)9-18-8-10-5-3-2-4-6-10;1-15-8-7-14-13(9-15)11-16-10-12-5-3-2-4-6-12/h2-6,11H,7-9H2,1H3,(H,14,16);2-6,13-14H,7-11H2,1H3/t11-;13-/m10/s1. The first kappa shape index (κ1) is 25.8. The van der Waals surface area contributed by atoms with Crippen molar-refractivity contribution in [2.24, 2.45) is 0 Å². The van der Waals surface area contributed by atoms with Gasteiger partial charge in [0.1, 0.15) is 6.04 Å². The van der Waals surface area contributed by atoms with Crippen LogP contribution in [0.5, 0.6) is 0 Å². The summed E-state index contributed by atoms with van der Waals surface area (Å²) in [6, 6.07) is 19.9. The molecule has 0 saturated carbocycles. The van der Waals surface area contributed by atoms with Crippen LogP contribution >= 0.6 is 0 Å². The average molecular weight is 469 g/mol. The van der Waals surface area contributed by atoms with Gasteiger partial charge < -0.3 is 29.9 Å². The maximum atomic E-state index is 11.7. The second-order valence-electron chi connectivity index (χ2n) is 8.73. The monoisotopic (exact) mass is 468 g/mol. The van der Waals surface area contributed by atoms with Gasteiger partial charge in [-0.25, -0.2) is 0 Å². The quantitative estimate of drug-likeness (QED) is 0.607. The molecule has 2 N–H and O–H groups in total. The number of piperazine rings is 2. The molecule has 2 atom stereocenters. The summed E-state index contributed by atoms with van der Waals surface area (Å²) < 4.78 is 11.2. The first-order valence-electron chi connectivity index (χ1n) is 11.7. The van der Waals surface area contributed by atoms with Gasteiger partial charge in [-0.2, -0.15) is 0 Å². The highest BCUT2D eigenvalue weighted by Crippen LogP contribution is 2.05. The maximum Gasteiger partial charge on any atom is 0.247 e. The van der Waals surface area contributed by atoms with E-state index in [1.807, 2.05) is 48.5 Å². The van der Waals surface area contributed by atoms with Gasteiger partial charge in [-0.15, -0.1) is 0 Å². The van der Waals surface area contributed by atoms with Crippen LogP contribution in [0.1, 0.15) is 11.1 Å². The summed E-state index contributed by atoms with van der Waals surface area (Å²) in [5.74, 6) is -0.256. The van der Waals surface area contributed by atoms with Crippen LogP contribution in [-0.2, 0) is 32.3 Å². The zero-order valence-corrected chi connectivity index (χ0v) is 20.1. The molecule has 0 aromatic heterocycles. The minimum atomic E-state index is -0.569. The third-order valence-electron chi connectivity index (χ3n) is 5.68. The van der Waals surface area contributed by atoms with Gasteiger partial charge >= 0.3 is 0 Å². The highest BCUT2D eigenvalue weighted by atomic mass is 16.5. The smallest absolute Gasteiger partial charge is 0.247 e. The van der Waals surface area contributed by atoms with E-state index in [0.29, 0.717) is 19.3 Å². The second-order valence-corrected chi connectivity index (χ2v) is 8.73. The lowest BCUT2D eigenvalue weighted by atomic mass is 10.2. The van der Waals surface area contributed by atoms with Crippen LogP contribution < -0.4 is 10.6 Å². The molecule has 184 valence electrons. The number of hydrogen-bond acceptors (Lipinski definition) is 6. The van der Waals surface area contributed by atoms with Crippen molar-refractivity contribution >= 4 is 11.8 Å². The number of amides is 2. The maximum absolute atomic E-state index is 11.7. The third-order valence-corrected chi connectivity index (χ3v) is 5.68. The lowest BCUT2D eigenvalue weighted by molar-refractivity contribution is -0.144. The molecule has 2 aliphatic rings. The molecule has 2 aromatic carbocycles. The summed E-state index contributed by atoms with van der Waals surface area (Å²) in [5.41, 5.74) is 2.28. The molecule has 8 nitrogen and oxygen atoms in total. The number of carbonyl (C=O) groups is 2. The van der Waals surface area contributed by atoms with Gasteiger partial charge in [0.15, 0.2) is 0 Å². The van der Waals surface area contributed by atoms with Crippen LogP contribution in [0.3, 0.4) is 0 Å². The van der Waals surface area contributed by atoms with E-state index < -0.39 is 6.04 Å². The molecule has 0 bridgehead atoms. The molecular formula is C26H36N4O4. The molecule has 0 aliphatic carbocycles. The minimum Gasteiger partial charge on any atom is -0.375 e. The van der Waals surface area contributed by atoms with Gasteiger partial charge in [0.25, 0.3) is 0 Å². The average Bonchev–Trinajstić information content (AvgIpc) is 2.84. The van der Waals surface area contributed by atoms with E-state index in [1.54, 1.807) is 7.05 Å². The molecule has 34 heavy (non-hydrogen) atoms. The Morgan fingerprint density at radius 1 is 0.882 bits per heavy atom. The molecule has 2 saturated heterocycles. The molecule has 0 radical (unpaired) electrons. The number of nitrogens with one attached hydrogen (secondary N) is 2. The molecule has 2 aromatic rings. The fourth-order valence-electron chi connectivity index (χ4n) is 3.84. The summed E-state index contributed by atoms with van der Waals surface area (Å²) >= 11 is 0. The molecule has 8 heteroatoms. The van der Waals surface area contributed by atoms with Crippen molar-refractivity contribution in [1.29, 1.82) is 0 Å². The Bertz CT molecular complexity index is 881. The van der Waals surface area contributed by atoms with Gasteiger partial charge in [-0.1, -0.05) is 60.7 Å². The van der Waals surface area contributed by atoms with Gasteiger partial charge in [-0.05, 0) is 18.2 Å². The van der Waals surface area contributed by atoms with Crippen LogP contribution in [0, 0.1) is 0 Å². The Balaban J connectivity index is 0.000000192. The largest absolute Gasteiger partial charge is 0.375 e. The Morgan fingerprint density at radius 2 is 1.47 bits per heavy atom. The molecule has 2 heterocycles. The lowest BCUT2D eigenvalue weighted by Gasteiger charge is -2.30. The highest BCUT2D eigenvalue weighted by Gasteiger charge is 2.30. The molecule has 4 rings (SSSR count). The predicted molar refractivity (Wildman–Crippen MR) is 131 cm³/mol. The summed E-state index contributed by atoms with van der Waals surface area (Å²) in [6.45, 7) is 5.53. The first-order chi connectivity index (χ1) is 16.5. The number of rotatable bonds is 8. The van der Waals surface area contributed by atoms with Crippen molar-refractivity contribution in [3.05, 3.63) is 71.8 Å². The van der Waals surface area contributed by atoms with Crippen molar-refractivity contribution in [3.8, 4) is 0 Å². The summed E-state index contributed by atoms with van der Waals surface area (Å²) in [6.07, 6.45) is 0. The van der Waals surface area contributed by atoms with E-state index >= 15 is 0 Å². The summed E-state index contributed by atoms with van der Waals surface area (Å²) in [7, 11) is 3.77. The second kappa shape index (κ2) is 13.8. The minimum absolute atomic E-state index is 0.109. The van der Waals surface area contributed by atoms with Gasteiger partial charge in [-0.3, -0.25) is 9.59 Å². The summed E-state index contributed by atoms with van der Waals surface area (Å²) in [4.78, 5) is 26.8. The molecule has 2 aliphatic heterocycles. The van der Waals surface area contributed by atoms with Crippen LogP contribution in [-0.4, -0.2) is 87.2 Å². The van der Waals surface area contributed by atoms with Crippen molar-refractivity contribution in [3.63, 3.8) is 0 Å². The van der Waals surface area contributed by atoms with Crippen LogP contribution in [0.15, 0.2) is 60.7 Å². The Labute approximate surface area is 202 Å². The van der Waals surface area contributed by atoms with Gasteiger partial charge in [0.2, 0.25) is 11.8 Å². The fraction of sp³-hybridized carbons (Fsp3) is 0.462. The third kappa shape index (κ3) is 8.87. The van der Waals surface area contributed by atoms with Crippen LogP contribution in [0.25, 0.3) is 0 Å². The fourth-order valence-corrected chi connectivity index (χ4v) is 3.84. The van der Waals surface area contributed by atoms with Crippen molar-refractivity contribution < 1.29 is 19.1 Å². The predicted octanol–water partition coefficient (Wildman–Crippen LogP) is 1.27. The Hall–Kier alpha value is -2.78. The number of benzene rings is 2. The van der Waals surface area contributed by atoms with Crippen molar-refractivity contribution in [2.45, 2.75) is 25.3 Å². The van der Waals surface area contributed by atoms with Gasteiger partial charge in [0.05, 0.1) is 33.0 Å². The van der Waals surface area contributed by atoms with Crippen molar-refractivity contribution in [2.75, 3.05) is 53.5 Å². The SMILES string of the molecule is CN1CC(=O)N[C@H](COCc2ccccc2)C1=O.CN1CCN[C@H](COCc2ccccc2)C1. The zero-order chi connectivity index (χ0) is 24.2. The topological polar surface area (TPSA) is 83.1 Å². The summed E-state index contributed by atoms with van der Waals surface area (Å²) in [5, 5.41) is 6.10. The molecule has 0 spiro atoms. The molecular weight excluding hydrogens is 432 g/mol. The normalized spacial score (nSPS) is 20.9. The van der Waals surface area contributed by atoms with E-state index in [2.05, 4.69) is 34.7 Å². The zero-order valence-electron chi connectivity index (χ0n) is 20.1. The number of nitrogens with zero attached hydrogens (tertiary/aromatic N) is 2. The Kier molecular flexibility index (Phi) is 10.5. The van der Waals surface area contributed by atoms with E-state index in [1.165, 1.54) is 10.5 Å².